The number of nitrogens with zero attached hydrogens (tertiary/aromatic N) is 1. The predicted molar refractivity (Wildman–Crippen MR) is 66.5 cm³/mol. The first-order chi connectivity index (χ1) is 6.70. The minimum Gasteiger partial charge on any atom is -0.308 e. The molecule has 0 saturated carbocycles. The van der Waals surface area contributed by atoms with Gasteiger partial charge in [0.15, 0.2) is 0 Å². The normalized spacial score (nSPS) is 9.80. The van der Waals surface area contributed by atoms with Gasteiger partial charge in [-0.2, -0.15) is 0 Å². The molecule has 0 unspecified atom stereocenters. The van der Waals surface area contributed by atoms with E-state index in [0.29, 0.717) is 5.82 Å². The van der Waals surface area contributed by atoms with Crippen LogP contribution in [0.2, 0.25) is 5.02 Å². The number of nitrogen functional groups attached to an aromatic ring is 1. The number of nitrogens with two attached hydrogens (primary N) is 1. The maximum atomic E-state index is 5.90. The minimum absolute atomic E-state index is 0. The van der Waals surface area contributed by atoms with Crippen LogP contribution < -0.4 is 11.3 Å². The molecule has 0 radical (unpaired) electrons. The fraction of sp³-hybridized carbons (Fsp3) is 0.100. The highest BCUT2D eigenvalue weighted by Crippen LogP contribution is 2.22. The average Bonchev–Trinajstić information content (AvgIpc) is 2.19. The van der Waals surface area contributed by atoms with Gasteiger partial charge in [-0.1, -0.05) is 11.6 Å². The number of aryl methyl sites for hydroxylation is 1. The van der Waals surface area contributed by atoms with E-state index in [-0.39, 0.29) is 12.4 Å². The first kappa shape index (κ1) is 12.0. The molecule has 1 heterocycles. The van der Waals surface area contributed by atoms with Crippen molar-refractivity contribution < 1.29 is 0 Å². The zero-order chi connectivity index (χ0) is 10.1. The molecule has 0 saturated heterocycles. The monoisotopic (exact) mass is 243 g/mol. The lowest BCUT2D eigenvalue weighted by Crippen LogP contribution is -2.08. The highest BCUT2D eigenvalue weighted by atomic mass is 35.5. The van der Waals surface area contributed by atoms with E-state index in [1.807, 2.05) is 31.2 Å². The highest BCUT2D eigenvalue weighted by molar-refractivity contribution is 6.31. The van der Waals surface area contributed by atoms with Gasteiger partial charge >= 0.3 is 0 Å². The van der Waals surface area contributed by atoms with Gasteiger partial charge in [0.2, 0.25) is 0 Å². The Morgan fingerprint density at radius 2 is 2.07 bits per heavy atom. The van der Waals surface area contributed by atoms with E-state index in [9.17, 15) is 0 Å². The standard InChI is InChI=1S/C10H10ClN3.ClH/c1-6-4-10(14-12)13-9-3-2-7(11)5-8(6)9;/h2-5H,12H2,1H3,(H,13,14);1H. The van der Waals surface area contributed by atoms with Crippen LogP contribution in [0.1, 0.15) is 5.56 Å². The van der Waals surface area contributed by atoms with Crippen molar-refractivity contribution in [3.63, 3.8) is 0 Å². The smallest absolute Gasteiger partial charge is 0.140 e. The third-order valence-electron chi connectivity index (χ3n) is 2.13. The Morgan fingerprint density at radius 1 is 1.33 bits per heavy atom. The molecule has 0 aliphatic heterocycles. The van der Waals surface area contributed by atoms with E-state index in [1.165, 1.54) is 0 Å². The molecule has 0 fully saturated rings. The van der Waals surface area contributed by atoms with Crippen molar-refractivity contribution in [2.75, 3.05) is 5.43 Å². The molecule has 3 nitrogen and oxygen atoms in total. The molecule has 5 heteroatoms. The number of anilines is 1. The van der Waals surface area contributed by atoms with Crippen molar-refractivity contribution in [1.82, 2.24) is 4.98 Å². The second kappa shape index (κ2) is 4.66. The molecular formula is C10H11Cl2N3. The van der Waals surface area contributed by atoms with E-state index >= 15 is 0 Å². The lowest BCUT2D eigenvalue weighted by Gasteiger charge is -2.05. The van der Waals surface area contributed by atoms with Crippen molar-refractivity contribution in [1.29, 1.82) is 0 Å². The van der Waals surface area contributed by atoms with Gasteiger partial charge in [-0.25, -0.2) is 10.8 Å². The van der Waals surface area contributed by atoms with E-state index in [1.54, 1.807) is 0 Å². The van der Waals surface area contributed by atoms with Gasteiger partial charge in [-0.3, -0.25) is 0 Å². The van der Waals surface area contributed by atoms with E-state index < -0.39 is 0 Å². The Labute approximate surface area is 99.0 Å². The topological polar surface area (TPSA) is 50.9 Å². The first-order valence-electron chi connectivity index (χ1n) is 4.24. The van der Waals surface area contributed by atoms with Crippen molar-refractivity contribution >= 4 is 40.7 Å². The van der Waals surface area contributed by atoms with Crippen LogP contribution in [-0.4, -0.2) is 4.98 Å². The van der Waals surface area contributed by atoms with Crippen LogP contribution in [-0.2, 0) is 0 Å². The minimum atomic E-state index is 0. The largest absolute Gasteiger partial charge is 0.308 e. The summed E-state index contributed by atoms with van der Waals surface area (Å²) in [5.74, 6) is 5.97. The van der Waals surface area contributed by atoms with E-state index in [0.717, 1.165) is 21.5 Å². The molecule has 0 aliphatic rings. The summed E-state index contributed by atoms with van der Waals surface area (Å²) in [7, 11) is 0. The zero-order valence-electron chi connectivity index (χ0n) is 8.12. The van der Waals surface area contributed by atoms with Gasteiger partial charge in [0.05, 0.1) is 5.52 Å². The number of rotatable bonds is 1. The van der Waals surface area contributed by atoms with Crippen LogP contribution in [0.5, 0.6) is 0 Å². The Kier molecular flexibility index (Phi) is 3.74. The second-order valence-electron chi connectivity index (χ2n) is 3.13. The average molecular weight is 244 g/mol. The molecule has 0 aliphatic carbocycles. The summed E-state index contributed by atoms with van der Waals surface area (Å²) < 4.78 is 0. The summed E-state index contributed by atoms with van der Waals surface area (Å²) in [4.78, 5) is 4.30. The van der Waals surface area contributed by atoms with Crippen molar-refractivity contribution in [2.45, 2.75) is 6.92 Å². The van der Waals surface area contributed by atoms with Gasteiger partial charge in [-0.15, -0.1) is 12.4 Å². The Morgan fingerprint density at radius 3 is 2.73 bits per heavy atom. The Bertz CT molecular complexity index is 485. The fourth-order valence-corrected chi connectivity index (χ4v) is 1.61. The predicted octanol–water partition coefficient (Wildman–Crippen LogP) is 2.90. The Hall–Kier alpha value is -1.03. The molecule has 80 valence electrons. The Balaban J connectivity index is 0.00000112. The number of pyridine rings is 1. The number of hydrogen-bond acceptors (Lipinski definition) is 3. The molecular weight excluding hydrogens is 233 g/mol. The molecule has 2 aromatic rings. The lowest BCUT2D eigenvalue weighted by molar-refractivity contribution is 1.25. The second-order valence-corrected chi connectivity index (χ2v) is 3.57. The first-order valence-corrected chi connectivity index (χ1v) is 4.62. The molecule has 0 bridgehead atoms. The summed E-state index contributed by atoms with van der Waals surface area (Å²) in [5.41, 5.74) is 4.52. The van der Waals surface area contributed by atoms with Crippen LogP contribution in [0.3, 0.4) is 0 Å². The quantitative estimate of drug-likeness (QED) is 0.599. The summed E-state index contributed by atoms with van der Waals surface area (Å²) in [6.07, 6.45) is 0. The van der Waals surface area contributed by atoms with Gasteiger partial charge in [0.25, 0.3) is 0 Å². The van der Waals surface area contributed by atoms with Gasteiger partial charge in [0, 0.05) is 10.4 Å². The van der Waals surface area contributed by atoms with Crippen LogP contribution in [0.15, 0.2) is 24.3 Å². The zero-order valence-corrected chi connectivity index (χ0v) is 9.69. The molecule has 3 N–H and O–H groups in total. The number of aromatic nitrogens is 1. The molecule has 0 spiro atoms. The molecule has 1 aromatic carbocycles. The van der Waals surface area contributed by atoms with Crippen molar-refractivity contribution in [2.24, 2.45) is 5.84 Å². The van der Waals surface area contributed by atoms with Gasteiger partial charge < -0.3 is 5.43 Å². The SMILES string of the molecule is Cc1cc(NN)nc2ccc(Cl)cc12.Cl. The number of halogens is 2. The molecule has 0 atom stereocenters. The summed E-state index contributed by atoms with van der Waals surface area (Å²) in [6.45, 7) is 2.00. The molecule has 2 rings (SSSR count). The molecule has 1 aromatic heterocycles. The van der Waals surface area contributed by atoms with Gasteiger partial charge in [0.1, 0.15) is 5.82 Å². The maximum absolute atomic E-state index is 5.90. The lowest BCUT2D eigenvalue weighted by atomic mass is 10.1. The van der Waals surface area contributed by atoms with E-state index in [2.05, 4.69) is 10.4 Å². The van der Waals surface area contributed by atoms with Crippen molar-refractivity contribution in [3.8, 4) is 0 Å². The van der Waals surface area contributed by atoms with Crippen LogP contribution >= 0.6 is 24.0 Å². The maximum Gasteiger partial charge on any atom is 0.140 e. The van der Waals surface area contributed by atoms with Crippen LogP contribution in [0, 0.1) is 6.92 Å². The molecule has 0 amide bonds. The highest BCUT2D eigenvalue weighted by Gasteiger charge is 2.02. The van der Waals surface area contributed by atoms with E-state index in [4.69, 9.17) is 17.4 Å². The number of benzene rings is 1. The number of fused-ring (bicyclic) bond motifs is 1. The van der Waals surface area contributed by atoms with Crippen molar-refractivity contribution in [3.05, 3.63) is 34.9 Å². The number of nitrogens with one attached hydrogen (secondary N) is 1. The number of hydrogen-bond donors (Lipinski definition) is 2. The molecule has 15 heavy (non-hydrogen) atoms. The summed E-state index contributed by atoms with van der Waals surface area (Å²) >= 11 is 5.90. The fourth-order valence-electron chi connectivity index (χ4n) is 1.44. The third-order valence-corrected chi connectivity index (χ3v) is 2.36. The number of hydrazine groups is 1. The van der Waals surface area contributed by atoms with Crippen LogP contribution in [0.25, 0.3) is 10.9 Å². The van der Waals surface area contributed by atoms with Gasteiger partial charge in [-0.05, 0) is 36.8 Å². The summed E-state index contributed by atoms with van der Waals surface area (Å²) in [5, 5.41) is 1.77. The summed E-state index contributed by atoms with van der Waals surface area (Å²) in [6, 6.07) is 7.49. The third kappa shape index (κ3) is 2.31. The van der Waals surface area contributed by atoms with Crippen LogP contribution in [0.4, 0.5) is 5.82 Å².